The second kappa shape index (κ2) is 5.48. The van der Waals surface area contributed by atoms with Crippen LogP contribution in [0.25, 0.3) is 0 Å². The van der Waals surface area contributed by atoms with Crippen LogP contribution in [-0.4, -0.2) is 25.4 Å². The van der Waals surface area contributed by atoms with E-state index in [2.05, 4.69) is 0 Å². The predicted octanol–water partition coefficient (Wildman–Crippen LogP) is 2.68. The molecule has 1 aliphatic rings. The molecular formula is C17H17FO3S. The molecule has 0 radical (unpaired) electrons. The van der Waals surface area contributed by atoms with Crippen LogP contribution < -0.4 is 0 Å². The fraction of sp³-hybridized carbons (Fsp3) is 0.294. The molecule has 0 aromatic heterocycles. The molecule has 1 N–H and O–H groups in total. The third-order valence-electron chi connectivity index (χ3n) is 4.27. The van der Waals surface area contributed by atoms with Gasteiger partial charge in [0.25, 0.3) is 0 Å². The first-order chi connectivity index (χ1) is 10.4. The van der Waals surface area contributed by atoms with Gasteiger partial charge in [-0.1, -0.05) is 29.8 Å². The van der Waals surface area contributed by atoms with Gasteiger partial charge in [-0.15, -0.1) is 0 Å². The molecule has 3 atom stereocenters. The fourth-order valence-corrected chi connectivity index (χ4v) is 5.19. The van der Waals surface area contributed by atoms with Gasteiger partial charge in [0.15, 0.2) is 9.84 Å². The first kappa shape index (κ1) is 15.2. The summed E-state index contributed by atoms with van der Waals surface area (Å²) in [6.45, 7) is 1.70. The number of hydrogen-bond acceptors (Lipinski definition) is 3. The lowest BCUT2D eigenvalue weighted by Crippen LogP contribution is -2.11. The highest BCUT2D eigenvalue weighted by Crippen LogP contribution is 2.53. The number of aliphatic hydroxyl groups excluding tert-OH is 1. The van der Waals surface area contributed by atoms with Gasteiger partial charge >= 0.3 is 0 Å². The highest BCUT2D eigenvalue weighted by Gasteiger charge is 2.58. The van der Waals surface area contributed by atoms with Crippen LogP contribution in [0.3, 0.4) is 0 Å². The van der Waals surface area contributed by atoms with Crippen molar-refractivity contribution in [3.63, 3.8) is 0 Å². The van der Waals surface area contributed by atoms with Crippen molar-refractivity contribution in [2.45, 2.75) is 23.0 Å². The molecule has 1 fully saturated rings. The van der Waals surface area contributed by atoms with E-state index in [1.165, 1.54) is 12.1 Å². The lowest BCUT2D eigenvalue weighted by atomic mass is 10.1. The van der Waals surface area contributed by atoms with Crippen molar-refractivity contribution >= 4 is 9.84 Å². The Hall–Kier alpha value is -1.72. The molecule has 5 heteroatoms. The van der Waals surface area contributed by atoms with E-state index in [0.717, 1.165) is 11.1 Å². The van der Waals surface area contributed by atoms with Crippen LogP contribution in [0.5, 0.6) is 0 Å². The first-order valence-electron chi connectivity index (χ1n) is 7.12. The summed E-state index contributed by atoms with van der Waals surface area (Å²) in [6, 6.07) is 12.5. The first-order valence-corrected chi connectivity index (χ1v) is 8.66. The SMILES string of the molecule is Cc1ccc(S(=O)(=O)[C@@H]2[C@@H](CO)[C@@H]2c2ccc(F)cc2)cc1. The molecule has 2 aromatic carbocycles. The molecule has 0 aliphatic heterocycles. The highest BCUT2D eigenvalue weighted by atomic mass is 32.2. The molecule has 0 bridgehead atoms. The van der Waals surface area contributed by atoms with Gasteiger partial charge in [-0.2, -0.15) is 0 Å². The number of aryl methyl sites for hydroxylation is 1. The minimum Gasteiger partial charge on any atom is -0.396 e. The van der Waals surface area contributed by atoms with E-state index in [4.69, 9.17) is 0 Å². The second-order valence-corrected chi connectivity index (χ2v) is 7.85. The van der Waals surface area contributed by atoms with Gasteiger partial charge < -0.3 is 5.11 Å². The molecule has 0 unspecified atom stereocenters. The molecule has 3 nitrogen and oxygen atoms in total. The Bertz CT molecular complexity index is 767. The number of halogens is 1. The van der Waals surface area contributed by atoms with Crippen molar-refractivity contribution in [1.29, 1.82) is 0 Å². The van der Waals surface area contributed by atoms with Crippen molar-refractivity contribution in [2.75, 3.05) is 6.61 Å². The molecule has 0 amide bonds. The summed E-state index contributed by atoms with van der Waals surface area (Å²) in [5.74, 6) is -0.975. The van der Waals surface area contributed by atoms with Crippen molar-refractivity contribution in [1.82, 2.24) is 0 Å². The molecule has 2 aromatic rings. The Labute approximate surface area is 129 Å². The zero-order valence-electron chi connectivity index (χ0n) is 12.1. The van der Waals surface area contributed by atoms with E-state index < -0.39 is 15.1 Å². The third kappa shape index (κ3) is 2.55. The van der Waals surface area contributed by atoms with Crippen LogP contribution in [0.4, 0.5) is 4.39 Å². The van der Waals surface area contributed by atoms with Crippen LogP contribution in [0.15, 0.2) is 53.4 Å². The minimum absolute atomic E-state index is 0.197. The maximum Gasteiger partial charge on any atom is 0.182 e. The van der Waals surface area contributed by atoms with Gasteiger partial charge in [-0.25, -0.2) is 12.8 Å². The summed E-state index contributed by atoms with van der Waals surface area (Å²) in [5, 5.41) is 8.83. The van der Waals surface area contributed by atoms with Crippen molar-refractivity contribution in [3.8, 4) is 0 Å². The van der Waals surface area contributed by atoms with Gasteiger partial charge in [0.1, 0.15) is 5.82 Å². The number of sulfone groups is 1. The summed E-state index contributed by atoms with van der Waals surface area (Å²) in [5.41, 5.74) is 1.74. The van der Waals surface area contributed by atoms with Crippen molar-refractivity contribution in [2.24, 2.45) is 5.92 Å². The van der Waals surface area contributed by atoms with Gasteiger partial charge in [0.05, 0.1) is 10.1 Å². The Balaban J connectivity index is 1.93. The van der Waals surface area contributed by atoms with Crippen LogP contribution in [-0.2, 0) is 9.84 Å². The molecule has 116 valence electrons. The quantitative estimate of drug-likeness (QED) is 0.942. The number of benzene rings is 2. The molecule has 1 aliphatic carbocycles. The maximum absolute atomic E-state index is 13.0. The van der Waals surface area contributed by atoms with E-state index in [1.54, 1.807) is 36.4 Å². The summed E-state index contributed by atoms with van der Waals surface area (Å²) in [4.78, 5) is 0.270. The monoisotopic (exact) mass is 320 g/mol. The summed E-state index contributed by atoms with van der Waals surface area (Å²) >= 11 is 0. The number of rotatable bonds is 4. The highest BCUT2D eigenvalue weighted by molar-refractivity contribution is 7.92. The predicted molar refractivity (Wildman–Crippen MR) is 81.9 cm³/mol. The molecule has 0 saturated heterocycles. The van der Waals surface area contributed by atoms with Crippen LogP contribution >= 0.6 is 0 Å². The summed E-state index contributed by atoms with van der Waals surface area (Å²) in [7, 11) is -3.51. The molecule has 22 heavy (non-hydrogen) atoms. The standard InChI is InChI=1S/C17H17FO3S/c1-11-2-8-14(9-3-11)22(20,21)17-15(10-19)16(17)12-4-6-13(18)7-5-12/h2-9,15-17,19H,10H2,1H3/t15-,16-,17+/m0/s1. The zero-order chi connectivity index (χ0) is 15.9. The van der Waals surface area contributed by atoms with E-state index >= 15 is 0 Å². The zero-order valence-corrected chi connectivity index (χ0v) is 12.9. The summed E-state index contributed by atoms with van der Waals surface area (Å²) < 4.78 is 38.5. The minimum atomic E-state index is -3.51. The Morgan fingerprint density at radius 1 is 1.05 bits per heavy atom. The summed E-state index contributed by atoms with van der Waals surface area (Å²) in [6.07, 6.45) is 0. The Kier molecular flexibility index (Phi) is 3.78. The van der Waals surface area contributed by atoms with Crippen LogP contribution in [0, 0.1) is 18.7 Å². The smallest absolute Gasteiger partial charge is 0.182 e. The van der Waals surface area contributed by atoms with Crippen LogP contribution in [0.2, 0.25) is 0 Å². The van der Waals surface area contributed by atoms with Gasteiger partial charge in [0.2, 0.25) is 0 Å². The van der Waals surface area contributed by atoms with Crippen molar-refractivity contribution in [3.05, 3.63) is 65.5 Å². The average Bonchev–Trinajstić information content (AvgIpc) is 3.24. The maximum atomic E-state index is 13.0. The Morgan fingerprint density at radius 3 is 2.18 bits per heavy atom. The molecule has 3 rings (SSSR count). The topological polar surface area (TPSA) is 54.4 Å². The van der Waals surface area contributed by atoms with E-state index in [1.807, 2.05) is 6.92 Å². The van der Waals surface area contributed by atoms with Gasteiger partial charge in [-0.3, -0.25) is 0 Å². The van der Waals surface area contributed by atoms with E-state index in [0.29, 0.717) is 0 Å². The van der Waals surface area contributed by atoms with Crippen LogP contribution in [0.1, 0.15) is 17.0 Å². The van der Waals surface area contributed by atoms with Gasteiger partial charge in [0, 0.05) is 18.4 Å². The molecule has 0 spiro atoms. The number of aliphatic hydroxyl groups is 1. The third-order valence-corrected chi connectivity index (χ3v) is 6.56. The second-order valence-electron chi connectivity index (χ2n) is 5.75. The molecule has 0 heterocycles. The Morgan fingerprint density at radius 2 is 1.64 bits per heavy atom. The fourth-order valence-electron chi connectivity index (χ4n) is 2.99. The largest absolute Gasteiger partial charge is 0.396 e. The van der Waals surface area contributed by atoms with Crippen molar-refractivity contribution < 1.29 is 17.9 Å². The van der Waals surface area contributed by atoms with E-state index in [-0.39, 0.29) is 29.2 Å². The molecular weight excluding hydrogens is 303 g/mol. The van der Waals surface area contributed by atoms with Gasteiger partial charge in [-0.05, 0) is 36.8 Å². The lowest BCUT2D eigenvalue weighted by molar-refractivity contribution is 0.274. The number of hydrogen-bond donors (Lipinski definition) is 1. The normalized spacial score (nSPS) is 24.2. The lowest BCUT2D eigenvalue weighted by Gasteiger charge is -2.05. The van der Waals surface area contributed by atoms with E-state index in [9.17, 15) is 17.9 Å². The average molecular weight is 320 g/mol. The molecule has 1 saturated carbocycles.